The van der Waals surface area contributed by atoms with Crippen molar-refractivity contribution in [2.45, 2.75) is 37.1 Å². The maximum absolute atomic E-state index is 13.2. The summed E-state index contributed by atoms with van der Waals surface area (Å²) < 4.78 is 34.6. The number of piperidine rings is 1. The van der Waals surface area contributed by atoms with Crippen LogP contribution in [0.4, 0.5) is 0 Å². The van der Waals surface area contributed by atoms with Gasteiger partial charge in [-0.1, -0.05) is 25.1 Å². The number of likely N-dealkylation sites (tertiary alicyclic amines) is 1. The zero-order chi connectivity index (χ0) is 23.4. The van der Waals surface area contributed by atoms with Gasteiger partial charge in [-0.3, -0.25) is 4.79 Å². The number of aromatic nitrogens is 4. The third-order valence-corrected chi connectivity index (χ3v) is 7.18. The van der Waals surface area contributed by atoms with Gasteiger partial charge < -0.3 is 9.64 Å². The van der Waals surface area contributed by atoms with E-state index in [9.17, 15) is 13.2 Å². The molecule has 1 fully saturated rings. The number of amides is 1. The van der Waals surface area contributed by atoms with Crippen molar-refractivity contribution in [3.05, 3.63) is 59.9 Å². The molecular weight excluding hydrogens is 444 g/mol. The Morgan fingerprint density at radius 1 is 1.12 bits per heavy atom. The molecule has 1 aliphatic heterocycles. The first-order chi connectivity index (χ1) is 15.9. The van der Waals surface area contributed by atoms with E-state index in [0.717, 1.165) is 5.69 Å². The van der Waals surface area contributed by atoms with Crippen LogP contribution in [0.3, 0.4) is 0 Å². The number of ether oxygens (including phenoxy) is 1. The van der Waals surface area contributed by atoms with Crippen LogP contribution in [-0.4, -0.2) is 65.4 Å². The van der Waals surface area contributed by atoms with Gasteiger partial charge in [0, 0.05) is 25.2 Å². The molecule has 11 heteroatoms. The van der Waals surface area contributed by atoms with E-state index in [0.29, 0.717) is 49.6 Å². The Balaban J connectivity index is 1.43. The number of sulfonamides is 1. The first-order valence-electron chi connectivity index (χ1n) is 10.7. The smallest absolute Gasteiger partial charge is 0.257 e. The van der Waals surface area contributed by atoms with E-state index in [4.69, 9.17) is 4.74 Å². The van der Waals surface area contributed by atoms with Gasteiger partial charge in [0.1, 0.15) is 0 Å². The highest BCUT2D eigenvalue weighted by Crippen LogP contribution is 2.21. The summed E-state index contributed by atoms with van der Waals surface area (Å²) in [4.78, 5) is 15.2. The lowest BCUT2D eigenvalue weighted by Gasteiger charge is -2.32. The summed E-state index contributed by atoms with van der Waals surface area (Å²) in [6, 6.07) is 11.5. The maximum Gasteiger partial charge on any atom is 0.257 e. The fourth-order valence-electron chi connectivity index (χ4n) is 3.88. The summed E-state index contributed by atoms with van der Waals surface area (Å²) in [6.07, 6.45) is 3.22. The molecule has 0 bridgehead atoms. The van der Waals surface area contributed by atoms with Crippen molar-refractivity contribution < 1.29 is 17.9 Å². The van der Waals surface area contributed by atoms with E-state index in [1.54, 1.807) is 58.2 Å². The molecule has 174 valence electrons. The lowest BCUT2D eigenvalue weighted by molar-refractivity contribution is 0.0710. The van der Waals surface area contributed by atoms with Crippen molar-refractivity contribution in [1.82, 2.24) is 29.6 Å². The van der Waals surface area contributed by atoms with Gasteiger partial charge in [0.05, 0.1) is 29.5 Å². The first kappa shape index (κ1) is 22.9. The molecule has 0 spiro atoms. The van der Waals surface area contributed by atoms with Gasteiger partial charge in [-0.25, -0.2) is 17.8 Å². The van der Waals surface area contributed by atoms with E-state index < -0.39 is 10.0 Å². The zero-order valence-corrected chi connectivity index (χ0v) is 19.3. The van der Waals surface area contributed by atoms with Crippen LogP contribution in [0, 0.1) is 0 Å². The number of rotatable bonds is 7. The maximum atomic E-state index is 13.2. The highest BCUT2D eigenvalue weighted by Gasteiger charge is 2.29. The number of hydrogen-bond acceptors (Lipinski definition) is 7. The molecule has 3 aromatic rings. The predicted octanol–water partition coefficient (Wildman–Crippen LogP) is 1.82. The standard InChI is InChI=1S/C22H26N6O4S/c1-3-19-18(15-23-28(19)20-9-10-21(32-2)25-24-20)22(29)27-13-11-16(12-14-27)26-33(30,31)17-7-5-4-6-8-17/h4-10,15-16,26H,3,11-14H2,1-2H3. The van der Waals surface area contributed by atoms with Crippen LogP contribution >= 0.6 is 0 Å². The van der Waals surface area contributed by atoms with Gasteiger partial charge in [-0.2, -0.15) is 5.10 Å². The quantitative estimate of drug-likeness (QED) is 0.559. The molecule has 10 nitrogen and oxygen atoms in total. The molecular formula is C22H26N6O4S. The molecule has 1 N–H and O–H groups in total. The first-order valence-corrected chi connectivity index (χ1v) is 12.2. The molecule has 0 radical (unpaired) electrons. The summed E-state index contributed by atoms with van der Waals surface area (Å²) in [5.41, 5.74) is 1.25. The molecule has 1 amide bonds. The van der Waals surface area contributed by atoms with E-state index in [-0.39, 0.29) is 16.8 Å². The Bertz CT molecular complexity index is 1200. The number of benzene rings is 1. The summed E-state index contributed by atoms with van der Waals surface area (Å²) in [5.74, 6) is 0.774. The van der Waals surface area contributed by atoms with Crippen LogP contribution < -0.4 is 9.46 Å². The number of methoxy groups -OCH3 is 1. The summed E-state index contributed by atoms with van der Waals surface area (Å²) in [5, 5.41) is 12.4. The molecule has 4 rings (SSSR count). The van der Waals surface area contributed by atoms with Gasteiger partial charge in [0.2, 0.25) is 15.9 Å². The topological polar surface area (TPSA) is 119 Å². The second-order valence-electron chi connectivity index (χ2n) is 7.71. The third kappa shape index (κ3) is 4.88. The van der Waals surface area contributed by atoms with Gasteiger partial charge in [0.15, 0.2) is 5.82 Å². The Labute approximate surface area is 192 Å². The molecule has 33 heavy (non-hydrogen) atoms. The summed E-state index contributed by atoms with van der Waals surface area (Å²) in [6.45, 7) is 2.86. The average Bonchev–Trinajstić information content (AvgIpc) is 3.28. The minimum atomic E-state index is -3.58. The van der Waals surface area contributed by atoms with Gasteiger partial charge in [0.25, 0.3) is 5.91 Å². The number of nitrogens with one attached hydrogen (secondary N) is 1. The van der Waals surface area contributed by atoms with Crippen LogP contribution in [0.15, 0.2) is 53.6 Å². The molecule has 1 saturated heterocycles. The van der Waals surface area contributed by atoms with Crippen molar-refractivity contribution in [1.29, 1.82) is 0 Å². The second kappa shape index (κ2) is 9.67. The summed E-state index contributed by atoms with van der Waals surface area (Å²) in [7, 11) is -2.07. The van der Waals surface area contributed by atoms with Crippen molar-refractivity contribution in [3.8, 4) is 11.7 Å². The number of nitrogens with zero attached hydrogens (tertiary/aromatic N) is 5. The predicted molar refractivity (Wildman–Crippen MR) is 121 cm³/mol. The van der Waals surface area contributed by atoms with Crippen molar-refractivity contribution in [3.63, 3.8) is 0 Å². The van der Waals surface area contributed by atoms with Crippen LogP contribution in [-0.2, 0) is 16.4 Å². The second-order valence-corrected chi connectivity index (χ2v) is 9.42. The van der Waals surface area contributed by atoms with Crippen molar-refractivity contribution in [2.75, 3.05) is 20.2 Å². The number of carbonyl (C=O) groups excluding carboxylic acids is 1. The molecule has 0 saturated carbocycles. The lowest BCUT2D eigenvalue weighted by Crippen LogP contribution is -2.46. The third-order valence-electron chi connectivity index (χ3n) is 5.64. The monoisotopic (exact) mass is 470 g/mol. The molecule has 0 atom stereocenters. The SMILES string of the molecule is CCc1c(C(=O)N2CCC(NS(=O)(=O)c3ccccc3)CC2)cnn1-c1ccc(OC)nn1. The normalized spacial score (nSPS) is 14.9. The molecule has 3 heterocycles. The van der Waals surface area contributed by atoms with Crippen LogP contribution in [0.25, 0.3) is 5.82 Å². The lowest BCUT2D eigenvalue weighted by atomic mass is 10.0. The van der Waals surface area contributed by atoms with Crippen LogP contribution in [0.5, 0.6) is 5.88 Å². The Kier molecular flexibility index (Phi) is 6.70. The Morgan fingerprint density at radius 2 is 1.85 bits per heavy atom. The Hall–Kier alpha value is -3.31. The van der Waals surface area contributed by atoms with E-state index in [1.807, 2.05) is 6.92 Å². The van der Waals surface area contributed by atoms with Crippen molar-refractivity contribution >= 4 is 15.9 Å². The fraction of sp³-hybridized carbons (Fsp3) is 0.364. The highest BCUT2D eigenvalue weighted by molar-refractivity contribution is 7.89. The van der Waals surface area contributed by atoms with Gasteiger partial charge in [-0.05, 0) is 37.5 Å². The zero-order valence-electron chi connectivity index (χ0n) is 18.5. The van der Waals surface area contributed by atoms with Gasteiger partial charge >= 0.3 is 0 Å². The van der Waals surface area contributed by atoms with E-state index in [1.165, 1.54) is 7.11 Å². The minimum absolute atomic E-state index is 0.121. The largest absolute Gasteiger partial charge is 0.480 e. The van der Waals surface area contributed by atoms with Crippen LogP contribution in [0.2, 0.25) is 0 Å². The minimum Gasteiger partial charge on any atom is -0.480 e. The molecule has 0 aliphatic carbocycles. The summed E-state index contributed by atoms with van der Waals surface area (Å²) >= 11 is 0. The molecule has 0 unspecified atom stereocenters. The van der Waals surface area contributed by atoms with Crippen LogP contribution in [0.1, 0.15) is 35.8 Å². The molecule has 2 aromatic heterocycles. The van der Waals surface area contributed by atoms with Crippen molar-refractivity contribution in [2.24, 2.45) is 0 Å². The van der Waals surface area contributed by atoms with E-state index >= 15 is 0 Å². The van der Waals surface area contributed by atoms with E-state index in [2.05, 4.69) is 20.0 Å². The molecule has 1 aromatic carbocycles. The Morgan fingerprint density at radius 3 is 2.45 bits per heavy atom. The highest BCUT2D eigenvalue weighted by atomic mass is 32.2. The number of hydrogen-bond donors (Lipinski definition) is 1. The average molecular weight is 471 g/mol. The molecule has 1 aliphatic rings. The van der Waals surface area contributed by atoms with Gasteiger partial charge in [-0.15, -0.1) is 10.2 Å². The fourth-order valence-corrected chi connectivity index (χ4v) is 5.21. The number of carbonyl (C=O) groups is 1.